The van der Waals surface area contributed by atoms with Crippen molar-refractivity contribution in [2.75, 3.05) is 18.4 Å². The summed E-state index contributed by atoms with van der Waals surface area (Å²) in [5.41, 5.74) is 2.71. The molecule has 1 aromatic heterocycles. The first-order chi connectivity index (χ1) is 16.4. The van der Waals surface area contributed by atoms with E-state index < -0.39 is 11.7 Å². The minimum atomic E-state index is -4.37. The first-order valence-electron chi connectivity index (χ1n) is 11.6. The number of hydrogen-bond donors (Lipinski definition) is 1. The van der Waals surface area contributed by atoms with E-state index in [9.17, 15) is 13.2 Å². The topological polar surface area (TPSA) is 53.4 Å². The Kier molecular flexibility index (Phi) is 6.08. The fourth-order valence-electron chi connectivity index (χ4n) is 4.52. The molecule has 176 valence electrons. The maximum atomic E-state index is 13.0. The molecule has 3 aromatic rings. The maximum Gasteiger partial charge on any atom is 0.416 e. The molecule has 2 aliphatic rings. The van der Waals surface area contributed by atoms with E-state index in [4.69, 9.17) is 9.97 Å². The van der Waals surface area contributed by atoms with Crippen LogP contribution in [0.5, 0.6) is 0 Å². The number of aromatic nitrogens is 2. The standard InChI is InChI=1S/C26H26F3N5/c1-17-5-4-12-30-24(17)18-6-11-21-22(15-18)32-23(16-34-13-2-3-14-34)33-25(21)31-20-9-7-19(8-10-20)26(27,28)29/h4,6-12,15,17H,2-3,5,13-14,16H2,1H3,(H,31,32,33). The van der Waals surface area contributed by atoms with Gasteiger partial charge in [-0.2, -0.15) is 13.2 Å². The van der Waals surface area contributed by atoms with Gasteiger partial charge in [0.15, 0.2) is 0 Å². The van der Waals surface area contributed by atoms with Gasteiger partial charge in [0.25, 0.3) is 0 Å². The van der Waals surface area contributed by atoms with E-state index in [1.165, 1.54) is 25.0 Å². The lowest BCUT2D eigenvalue weighted by molar-refractivity contribution is -0.137. The summed E-state index contributed by atoms with van der Waals surface area (Å²) in [4.78, 5) is 16.5. The molecule has 1 saturated heterocycles. The van der Waals surface area contributed by atoms with E-state index in [1.54, 1.807) is 0 Å². The molecule has 0 saturated carbocycles. The van der Waals surface area contributed by atoms with Gasteiger partial charge >= 0.3 is 6.18 Å². The van der Waals surface area contributed by atoms with Crippen LogP contribution in [0, 0.1) is 5.92 Å². The zero-order valence-corrected chi connectivity index (χ0v) is 18.9. The number of halogens is 3. The third kappa shape index (κ3) is 4.82. The summed E-state index contributed by atoms with van der Waals surface area (Å²) < 4.78 is 38.9. The fraction of sp³-hybridized carbons (Fsp3) is 0.346. The highest BCUT2D eigenvalue weighted by Crippen LogP contribution is 2.32. The van der Waals surface area contributed by atoms with Crippen LogP contribution in [0.25, 0.3) is 10.9 Å². The summed E-state index contributed by atoms with van der Waals surface area (Å²) >= 11 is 0. The van der Waals surface area contributed by atoms with E-state index >= 15 is 0 Å². The van der Waals surface area contributed by atoms with Crippen molar-refractivity contribution in [2.24, 2.45) is 10.9 Å². The molecule has 0 aliphatic carbocycles. The first kappa shape index (κ1) is 22.5. The predicted octanol–water partition coefficient (Wildman–Crippen LogP) is 6.33. The summed E-state index contributed by atoms with van der Waals surface area (Å²) in [5.74, 6) is 1.60. The largest absolute Gasteiger partial charge is 0.416 e. The molecule has 5 rings (SSSR count). The molecular formula is C26H26F3N5. The zero-order chi connectivity index (χ0) is 23.7. The molecular weight excluding hydrogens is 439 g/mol. The monoisotopic (exact) mass is 465 g/mol. The maximum absolute atomic E-state index is 13.0. The Morgan fingerprint density at radius 3 is 2.50 bits per heavy atom. The van der Waals surface area contributed by atoms with Gasteiger partial charge in [-0.05, 0) is 74.3 Å². The summed E-state index contributed by atoms with van der Waals surface area (Å²) in [6, 6.07) is 11.0. The Labute approximate surface area is 196 Å². The van der Waals surface area contributed by atoms with Crippen LogP contribution in [0.1, 0.15) is 43.1 Å². The number of hydrogen-bond acceptors (Lipinski definition) is 5. The summed E-state index contributed by atoms with van der Waals surface area (Å²) in [6.45, 7) is 4.83. The second-order valence-corrected chi connectivity index (χ2v) is 8.94. The van der Waals surface area contributed by atoms with Crippen molar-refractivity contribution in [2.45, 2.75) is 38.9 Å². The molecule has 2 aliphatic heterocycles. The Bertz CT molecular complexity index is 1240. The lowest BCUT2D eigenvalue weighted by Gasteiger charge is -2.18. The van der Waals surface area contributed by atoms with Gasteiger partial charge in [0.1, 0.15) is 11.6 Å². The molecule has 1 N–H and O–H groups in total. The molecule has 0 radical (unpaired) electrons. The Hall–Kier alpha value is -3.26. The highest BCUT2D eigenvalue weighted by Gasteiger charge is 2.30. The van der Waals surface area contributed by atoms with E-state index in [0.717, 1.165) is 53.8 Å². The van der Waals surface area contributed by atoms with Gasteiger partial charge in [0.2, 0.25) is 0 Å². The van der Waals surface area contributed by atoms with Gasteiger partial charge in [-0.25, -0.2) is 9.97 Å². The van der Waals surface area contributed by atoms with Gasteiger partial charge in [0.05, 0.1) is 23.3 Å². The third-order valence-electron chi connectivity index (χ3n) is 6.35. The normalized spacial score (nSPS) is 18.9. The molecule has 3 heterocycles. The number of anilines is 2. The van der Waals surface area contributed by atoms with Gasteiger partial charge in [-0.1, -0.05) is 19.1 Å². The minimum Gasteiger partial charge on any atom is -0.340 e. The second-order valence-electron chi connectivity index (χ2n) is 8.94. The minimum absolute atomic E-state index is 0.318. The Morgan fingerprint density at radius 1 is 1.03 bits per heavy atom. The van der Waals surface area contributed by atoms with Gasteiger partial charge in [-0.15, -0.1) is 0 Å². The van der Waals surface area contributed by atoms with Crippen LogP contribution in [-0.2, 0) is 12.7 Å². The summed E-state index contributed by atoms with van der Waals surface area (Å²) in [7, 11) is 0. The van der Waals surface area contributed by atoms with Crippen LogP contribution < -0.4 is 5.32 Å². The number of rotatable bonds is 5. The van der Waals surface area contributed by atoms with Crippen LogP contribution >= 0.6 is 0 Å². The smallest absolute Gasteiger partial charge is 0.340 e. The lowest BCUT2D eigenvalue weighted by Crippen LogP contribution is -2.20. The third-order valence-corrected chi connectivity index (χ3v) is 6.35. The van der Waals surface area contributed by atoms with Gasteiger partial charge < -0.3 is 5.32 Å². The van der Waals surface area contributed by atoms with Crippen molar-refractivity contribution in [3.8, 4) is 0 Å². The highest BCUT2D eigenvalue weighted by atomic mass is 19.4. The average Bonchev–Trinajstić information content (AvgIpc) is 3.32. The Balaban J connectivity index is 1.53. The van der Waals surface area contributed by atoms with Gasteiger partial charge in [0, 0.05) is 23.2 Å². The molecule has 1 fully saturated rings. The lowest BCUT2D eigenvalue weighted by atomic mass is 9.93. The molecule has 8 heteroatoms. The highest BCUT2D eigenvalue weighted by molar-refractivity contribution is 6.06. The molecule has 5 nitrogen and oxygen atoms in total. The van der Waals surface area contributed by atoms with Gasteiger partial charge in [-0.3, -0.25) is 9.89 Å². The second kappa shape index (κ2) is 9.18. The van der Waals surface area contributed by atoms with Crippen LogP contribution in [0.2, 0.25) is 0 Å². The van der Waals surface area contributed by atoms with Crippen LogP contribution in [0.4, 0.5) is 24.7 Å². The number of allylic oxidation sites excluding steroid dienone is 1. The van der Waals surface area contributed by atoms with E-state index in [-0.39, 0.29) is 0 Å². The van der Waals surface area contributed by atoms with Crippen molar-refractivity contribution in [1.29, 1.82) is 0 Å². The van der Waals surface area contributed by atoms with Crippen molar-refractivity contribution in [1.82, 2.24) is 14.9 Å². The average molecular weight is 466 g/mol. The number of nitrogens with one attached hydrogen (secondary N) is 1. The van der Waals surface area contributed by atoms with E-state index in [0.29, 0.717) is 29.8 Å². The van der Waals surface area contributed by atoms with Crippen LogP contribution in [-0.4, -0.2) is 33.7 Å². The first-order valence-corrected chi connectivity index (χ1v) is 11.6. The number of likely N-dealkylation sites (tertiary alicyclic amines) is 1. The zero-order valence-electron chi connectivity index (χ0n) is 18.9. The number of benzene rings is 2. The van der Waals surface area contributed by atoms with Crippen molar-refractivity contribution in [3.63, 3.8) is 0 Å². The van der Waals surface area contributed by atoms with E-state index in [2.05, 4.69) is 28.2 Å². The van der Waals surface area contributed by atoms with Crippen molar-refractivity contribution in [3.05, 3.63) is 71.7 Å². The number of fused-ring (bicyclic) bond motifs is 1. The molecule has 34 heavy (non-hydrogen) atoms. The quantitative estimate of drug-likeness (QED) is 0.478. The predicted molar refractivity (Wildman–Crippen MR) is 128 cm³/mol. The molecule has 2 aromatic carbocycles. The Morgan fingerprint density at radius 2 is 1.79 bits per heavy atom. The van der Waals surface area contributed by atoms with Crippen molar-refractivity contribution >= 4 is 28.1 Å². The number of nitrogens with zero attached hydrogens (tertiary/aromatic N) is 4. The van der Waals surface area contributed by atoms with Crippen LogP contribution in [0.15, 0.2) is 59.7 Å². The molecule has 1 atom stereocenters. The number of alkyl halides is 3. The van der Waals surface area contributed by atoms with Crippen LogP contribution in [0.3, 0.4) is 0 Å². The SMILES string of the molecule is CC1CC=CN=C1c1ccc2c(Nc3ccc(C(F)(F)F)cc3)nc(CN3CCCC3)nc2c1. The molecule has 0 spiro atoms. The van der Waals surface area contributed by atoms with Crippen molar-refractivity contribution < 1.29 is 13.2 Å². The summed E-state index contributed by atoms with van der Waals surface area (Å²) in [6.07, 6.45) is 2.82. The van der Waals surface area contributed by atoms with E-state index in [1.807, 2.05) is 24.4 Å². The molecule has 0 bridgehead atoms. The molecule has 0 amide bonds. The molecule has 1 unspecified atom stereocenters. The summed E-state index contributed by atoms with van der Waals surface area (Å²) in [5, 5.41) is 4.03. The fourth-order valence-corrected chi connectivity index (χ4v) is 4.52. The number of aliphatic imine (C=N–C) groups is 1.